The minimum absolute atomic E-state index is 0.392. The number of hydrogen-bond acceptors (Lipinski definition) is 8. The van der Waals surface area contributed by atoms with E-state index in [-0.39, 0.29) is 0 Å². The first kappa shape index (κ1) is 16.5. The van der Waals surface area contributed by atoms with Crippen LogP contribution in [0.15, 0.2) is 45.2 Å². The van der Waals surface area contributed by atoms with Gasteiger partial charge in [-0.1, -0.05) is 6.92 Å². The summed E-state index contributed by atoms with van der Waals surface area (Å²) in [5.74, 6) is 0.658. The van der Waals surface area contributed by atoms with Gasteiger partial charge >= 0.3 is 0 Å². The van der Waals surface area contributed by atoms with Gasteiger partial charge < -0.3 is 5.32 Å². The van der Waals surface area contributed by atoms with Crippen LogP contribution in [0.2, 0.25) is 0 Å². The largest absolute Gasteiger partial charge is 0.339 e. The van der Waals surface area contributed by atoms with Crippen LogP contribution in [0.25, 0.3) is 10.2 Å². The number of nitrogens with one attached hydrogen (secondary N) is 1. The average molecular weight is 356 g/mol. The first-order valence-corrected chi connectivity index (χ1v) is 9.50. The molecule has 122 valence electrons. The summed E-state index contributed by atoms with van der Waals surface area (Å²) in [5.41, 5.74) is 4.20. The smallest absolute Gasteiger partial charge is 0.150 e. The summed E-state index contributed by atoms with van der Waals surface area (Å²) in [6.45, 7) is 2.41. The molecule has 6 nitrogen and oxygen atoms in total. The maximum atomic E-state index is 9.59. The molecule has 0 spiro atoms. The summed E-state index contributed by atoms with van der Waals surface area (Å²) < 4.78 is 1.09. The van der Waals surface area contributed by atoms with Gasteiger partial charge in [-0.3, -0.25) is 4.99 Å². The lowest BCUT2D eigenvalue weighted by Gasteiger charge is -2.26. The Balaban J connectivity index is 2.00. The number of nitrogens with zero attached hydrogens (tertiary/aromatic N) is 5. The summed E-state index contributed by atoms with van der Waals surface area (Å²) in [7, 11) is 0. The number of hydrazone groups is 1. The van der Waals surface area contributed by atoms with E-state index in [2.05, 4.69) is 26.5 Å². The summed E-state index contributed by atoms with van der Waals surface area (Å²) in [5, 5.41) is 19.8. The van der Waals surface area contributed by atoms with Crippen LogP contribution < -0.4 is 5.32 Å². The van der Waals surface area contributed by atoms with Crippen LogP contribution in [0.5, 0.6) is 0 Å². The van der Waals surface area contributed by atoms with E-state index in [4.69, 9.17) is 0 Å². The molecule has 1 aromatic carbocycles. The molecular formula is C16H16N6S2. The molecule has 0 aliphatic carbocycles. The van der Waals surface area contributed by atoms with Crippen molar-refractivity contribution in [3.63, 3.8) is 0 Å². The number of fused-ring (bicyclic) bond motifs is 1. The van der Waals surface area contributed by atoms with E-state index in [1.54, 1.807) is 16.3 Å². The molecule has 1 N–H and O–H groups in total. The summed E-state index contributed by atoms with van der Waals surface area (Å²) in [4.78, 5) is 8.72. The monoisotopic (exact) mass is 356 g/mol. The molecule has 0 saturated carbocycles. The highest BCUT2D eigenvalue weighted by Crippen LogP contribution is 2.27. The molecule has 24 heavy (non-hydrogen) atoms. The fourth-order valence-corrected chi connectivity index (χ4v) is 3.50. The van der Waals surface area contributed by atoms with Crippen LogP contribution in [-0.4, -0.2) is 34.2 Å². The van der Waals surface area contributed by atoms with Crippen LogP contribution in [0.3, 0.4) is 0 Å². The third-order valence-electron chi connectivity index (χ3n) is 3.36. The molecule has 3 rings (SSSR count). The quantitative estimate of drug-likeness (QED) is 0.842. The van der Waals surface area contributed by atoms with Gasteiger partial charge in [-0.15, -0.1) is 23.1 Å². The number of anilines is 1. The zero-order valence-corrected chi connectivity index (χ0v) is 15.0. The van der Waals surface area contributed by atoms with Gasteiger partial charge in [0.15, 0.2) is 0 Å². The van der Waals surface area contributed by atoms with Crippen molar-refractivity contribution in [2.24, 2.45) is 10.1 Å². The molecule has 0 saturated heterocycles. The molecule has 0 amide bonds. The fraction of sp³-hybridized carbons (Fsp3) is 0.250. The van der Waals surface area contributed by atoms with Crippen LogP contribution in [0, 0.1) is 11.3 Å². The number of benzene rings is 1. The van der Waals surface area contributed by atoms with Crippen molar-refractivity contribution in [3.05, 3.63) is 35.1 Å². The normalized spacial score (nSPS) is 15.0. The molecule has 2 heterocycles. The van der Waals surface area contributed by atoms with Gasteiger partial charge in [-0.25, -0.2) is 9.99 Å². The Labute approximate surface area is 148 Å². The van der Waals surface area contributed by atoms with E-state index in [1.807, 2.05) is 43.1 Å². The lowest BCUT2D eigenvalue weighted by Crippen LogP contribution is -2.30. The van der Waals surface area contributed by atoms with Crippen LogP contribution in [0.1, 0.15) is 13.3 Å². The number of aliphatic imine (C=N–C) groups is 1. The number of thiazole rings is 1. The zero-order valence-electron chi connectivity index (χ0n) is 13.4. The molecule has 1 aliphatic heterocycles. The molecule has 1 aromatic heterocycles. The van der Waals surface area contributed by atoms with Crippen molar-refractivity contribution in [2.75, 3.05) is 18.2 Å². The number of aromatic nitrogens is 1. The molecular weight excluding hydrogens is 340 g/mol. The highest BCUT2D eigenvalue weighted by Gasteiger charge is 2.23. The highest BCUT2D eigenvalue weighted by atomic mass is 32.2. The minimum Gasteiger partial charge on any atom is -0.339 e. The van der Waals surface area contributed by atoms with Gasteiger partial charge in [-0.2, -0.15) is 10.4 Å². The van der Waals surface area contributed by atoms with Crippen molar-refractivity contribution < 1.29 is 0 Å². The van der Waals surface area contributed by atoms with E-state index < -0.39 is 0 Å². The Morgan fingerprint density at radius 3 is 3.17 bits per heavy atom. The second kappa shape index (κ2) is 7.47. The molecule has 0 atom stereocenters. The second-order valence-electron chi connectivity index (χ2n) is 4.91. The van der Waals surface area contributed by atoms with E-state index in [1.165, 1.54) is 11.8 Å². The maximum Gasteiger partial charge on any atom is 0.150 e. The molecule has 2 aromatic rings. The standard InChI is InChI=1S/C16H16N6S2/c1-3-6-20-22-9-18-16(23-2)12(8-17)15(22)21-11-4-5-13-14(7-11)24-10-19-13/h4-7,10,21H,3,9H2,1-2H3/b20-6-. The lowest BCUT2D eigenvalue weighted by atomic mass is 10.2. The number of hydrogen-bond donors (Lipinski definition) is 1. The van der Waals surface area contributed by atoms with Crippen LogP contribution in [-0.2, 0) is 0 Å². The van der Waals surface area contributed by atoms with Crippen molar-refractivity contribution in [1.82, 2.24) is 9.99 Å². The van der Waals surface area contributed by atoms with E-state index in [0.717, 1.165) is 27.4 Å². The highest BCUT2D eigenvalue weighted by molar-refractivity contribution is 8.13. The Hall–Kier alpha value is -2.37. The lowest BCUT2D eigenvalue weighted by molar-refractivity contribution is 0.376. The minimum atomic E-state index is 0.392. The second-order valence-corrected chi connectivity index (χ2v) is 6.59. The van der Waals surface area contributed by atoms with Gasteiger partial charge in [-0.05, 0) is 30.9 Å². The molecule has 0 fully saturated rings. The van der Waals surface area contributed by atoms with Gasteiger partial charge in [0.1, 0.15) is 29.2 Å². The topological polar surface area (TPSA) is 76.7 Å². The first-order chi connectivity index (χ1) is 11.8. The zero-order chi connectivity index (χ0) is 16.9. The van der Waals surface area contributed by atoms with Gasteiger partial charge in [0.05, 0.1) is 15.7 Å². The molecule has 1 aliphatic rings. The summed E-state index contributed by atoms with van der Waals surface area (Å²) in [6, 6.07) is 8.20. The SMILES string of the molecule is CC/C=N\N1CN=C(SC)C(C#N)=C1Nc1ccc2ncsc2c1. The van der Waals surface area contributed by atoms with Crippen molar-refractivity contribution in [1.29, 1.82) is 5.26 Å². The Morgan fingerprint density at radius 2 is 2.42 bits per heavy atom. The molecule has 0 unspecified atom stereocenters. The molecule has 0 bridgehead atoms. The van der Waals surface area contributed by atoms with Gasteiger partial charge in [0, 0.05) is 11.9 Å². The number of rotatable bonds is 4. The molecule has 0 radical (unpaired) electrons. The van der Waals surface area contributed by atoms with Crippen molar-refractivity contribution >= 4 is 50.3 Å². The fourth-order valence-electron chi connectivity index (χ4n) is 2.25. The summed E-state index contributed by atoms with van der Waals surface area (Å²) >= 11 is 3.05. The van der Waals surface area contributed by atoms with E-state index in [9.17, 15) is 5.26 Å². The van der Waals surface area contributed by atoms with Crippen LogP contribution >= 0.6 is 23.1 Å². The third kappa shape index (κ3) is 3.27. The third-order valence-corrected chi connectivity index (χ3v) is 4.87. The van der Waals surface area contributed by atoms with Crippen molar-refractivity contribution in [3.8, 4) is 6.07 Å². The Kier molecular flexibility index (Phi) is 5.13. The molecule has 8 heteroatoms. The van der Waals surface area contributed by atoms with Crippen molar-refractivity contribution in [2.45, 2.75) is 13.3 Å². The number of nitriles is 1. The Morgan fingerprint density at radius 1 is 1.54 bits per heavy atom. The predicted molar refractivity (Wildman–Crippen MR) is 102 cm³/mol. The van der Waals surface area contributed by atoms with Crippen LogP contribution in [0.4, 0.5) is 5.69 Å². The van der Waals surface area contributed by atoms with Gasteiger partial charge in [0.25, 0.3) is 0 Å². The average Bonchev–Trinajstić information content (AvgIpc) is 3.08. The van der Waals surface area contributed by atoms with E-state index in [0.29, 0.717) is 18.1 Å². The van der Waals surface area contributed by atoms with E-state index >= 15 is 0 Å². The predicted octanol–water partition coefficient (Wildman–Crippen LogP) is 3.87. The first-order valence-electron chi connectivity index (χ1n) is 7.40. The Bertz CT molecular complexity index is 874. The number of thioether (sulfide) groups is 1. The van der Waals surface area contributed by atoms with Gasteiger partial charge in [0.2, 0.25) is 0 Å². The maximum absolute atomic E-state index is 9.59. The summed E-state index contributed by atoms with van der Waals surface area (Å²) in [6.07, 6.45) is 4.54.